The highest BCUT2D eigenvalue weighted by Crippen LogP contribution is 2.25. The van der Waals surface area contributed by atoms with Gasteiger partial charge in [0.05, 0.1) is 26.8 Å². The minimum atomic E-state index is -0.397. The van der Waals surface area contributed by atoms with Crippen molar-refractivity contribution in [2.75, 3.05) is 33.9 Å². The van der Waals surface area contributed by atoms with Crippen molar-refractivity contribution >= 4 is 11.9 Å². The molecule has 0 bridgehead atoms. The molecule has 1 unspecified atom stereocenters. The van der Waals surface area contributed by atoms with E-state index >= 15 is 0 Å². The van der Waals surface area contributed by atoms with Gasteiger partial charge in [-0.3, -0.25) is 4.99 Å². The molecule has 7 nitrogen and oxygen atoms in total. The van der Waals surface area contributed by atoms with Crippen molar-refractivity contribution in [3.05, 3.63) is 58.5 Å². The third-order valence-electron chi connectivity index (χ3n) is 4.91. The fraction of sp³-hybridized carbons (Fsp3) is 0.429. The van der Waals surface area contributed by atoms with E-state index in [-0.39, 0.29) is 6.10 Å². The van der Waals surface area contributed by atoms with Gasteiger partial charge < -0.3 is 24.1 Å². The van der Waals surface area contributed by atoms with E-state index in [1.807, 2.05) is 12.1 Å². The Hall–Kier alpha value is -2.80. The number of rotatable bonds is 4. The van der Waals surface area contributed by atoms with Crippen molar-refractivity contribution in [1.29, 1.82) is 0 Å². The number of furan rings is 1. The molecule has 1 aliphatic heterocycles. The highest BCUT2D eigenvalue weighted by Gasteiger charge is 2.25. The van der Waals surface area contributed by atoms with Crippen molar-refractivity contribution in [3.63, 3.8) is 0 Å². The van der Waals surface area contributed by atoms with E-state index in [1.165, 1.54) is 18.2 Å². The molecule has 0 aliphatic carbocycles. The first-order valence-corrected chi connectivity index (χ1v) is 9.33. The molecule has 3 rings (SSSR count). The van der Waals surface area contributed by atoms with Crippen LogP contribution < -0.4 is 5.32 Å². The van der Waals surface area contributed by atoms with E-state index in [0.29, 0.717) is 30.2 Å². The van der Waals surface area contributed by atoms with Gasteiger partial charge in [-0.25, -0.2) is 4.79 Å². The lowest BCUT2D eigenvalue weighted by molar-refractivity contribution is -0.00836. The lowest BCUT2D eigenvalue weighted by Crippen LogP contribution is -2.48. The molecule has 2 heterocycles. The molecule has 0 saturated carbocycles. The molecule has 1 atom stereocenters. The molecule has 28 heavy (non-hydrogen) atoms. The summed E-state index contributed by atoms with van der Waals surface area (Å²) >= 11 is 0. The zero-order chi connectivity index (χ0) is 20.1. The number of nitrogens with zero attached hydrogens (tertiary/aromatic N) is 2. The molecule has 2 aromatic rings. The van der Waals surface area contributed by atoms with Crippen LogP contribution in [0.15, 0.2) is 39.7 Å². The van der Waals surface area contributed by atoms with Gasteiger partial charge in [0.2, 0.25) is 0 Å². The Bertz CT molecular complexity index is 859. The third-order valence-corrected chi connectivity index (χ3v) is 4.91. The summed E-state index contributed by atoms with van der Waals surface area (Å²) < 4.78 is 16.4. The molecule has 1 saturated heterocycles. The number of nitrogens with one attached hydrogen (secondary N) is 1. The summed E-state index contributed by atoms with van der Waals surface area (Å²) in [6, 6.07) is 9.99. The molecule has 1 aliphatic rings. The second-order valence-electron chi connectivity index (χ2n) is 6.74. The van der Waals surface area contributed by atoms with Gasteiger partial charge in [-0.05, 0) is 31.0 Å². The summed E-state index contributed by atoms with van der Waals surface area (Å²) in [4.78, 5) is 18.3. The average molecular weight is 385 g/mol. The second-order valence-corrected chi connectivity index (χ2v) is 6.74. The number of aliphatic imine (C=N–C) groups is 1. The second kappa shape index (κ2) is 8.93. The monoisotopic (exact) mass is 385 g/mol. The molecule has 0 radical (unpaired) electrons. The molecular weight excluding hydrogens is 358 g/mol. The van der Waals surface area contributed by atoms with Gasteiger partial charge >= 0.3 is 5.97 Å². The van der Waals surface area contributed by atoms with Crippen molar-refractivity contribution in [1.82, 2.24) is 10.2 Å². The van der Waals surface area contributed by atoms with Gasteiger partial charge in [0.15, 0.2) is 5.96 Å². The standard InChI is InChI=1S/C21H27N3O4/c1-14-7-5-6-8-17(14)19-13-24(9-10-27-19)21(22-3)23-12-16-11-18(15(2)28-16)20(25)26-4/h5-8,11,19H,9-10,12-13H2,1-4H3,(H,22,23). The number of morpholine rings is 1. The molecule has 1 fully saturated rings. The van der Waals surface area contributed by atoms with Crippen LogP contribution in [0.5, 0.6) is 0 Å². The molecule has 7 heteroatoms. The smallest absolute Gasteiger partial charge is 0.341 e. The summed E-state index contributed by atoms with van der Waals surface area (Å²) in [5.41, 5.74) is 2.87. The molecule has 0 amide bonds. The van der Waals surface area contributed by atoms with Crippen LogP contribution in [0.3, 0.4) is 0 Å². The first kappa shape index (κ1) is 19.9. The molecule has 1 aromatic carbocycles. The summed E-state index contributed by atoms with van der Waals surface area (Å²) in [6.07, 6.45) is 0.00489. The van der Waals surface area contributed by atoms with E-state index in [2.05, 4.69) is 34.3 Å². The quantitative estimate of drug-likeness (QED) is 0.495. The number of hydrogen-bond donors (Lipinski definition) is 1. The first-order valence-electron chi connectivity index (χ1n) is 9.33. The predicted octanol–water partition coefficient (Wildman–Crippen LogP) is 2.83. The molecular formula is C21H27N3O4. The lowest BCUT2D eigenvalue weighted by atomic mass is 10.0. The zero-order valence-corrected chi connectivity index (χ0v) is 16.8. The van der Waals surface area contributed by atoms with Crippen molar-refractivity contribution in [3.8, 4) is 0 Å². The maximum atomic E-state index is 11.7. The topological polar surface area (TPSA) is 76.3 Å². The Morgan fingerprint density at radius 2 is 2.14 bits per heavy atom. The number of aryl methyl sites for hydroxylation is 2. The Balaban J connectivity index is 1.65. The summed E-state index contributed by atoms with van der Waals surface area (Å²) in [5.74, 6) is 1.58. The number of ether oxygens (including phenoxy) is 2. The van der Waals surface area contributed by atoms with Crippen LogP contribution in [0.4, 0.5) is 0 Å². The number of carbonyl (C=O) groups excluding carboxylic acids is 1. The van der Waals surface area contributed by atoms with E-state index in [9.17, 15) is 4.79 Å². The van der Waals surface area contributed by atoms with Gasteiger partial charge in [0.1, 0.15) is 23.2 Å². The van der Waals surface area contributed by atoms with E-state index in [1.54, 1.807) is 20.0 Å². The van der Waals surface area contributed by atoms with Gasteiger partial charge in [-0.1, -0.05) is 24.3 Å². The number of esters is 1. The van der Waals surface area contributed by atoms with Crippen LogP contribution in [0.2, 0.25) is 0 Å². The summed E-state index contributed by atoms with van der Waals surface area (Å²) in [5, 5.41) is 3.31. The first-order chi connectivity index (χ1) is 13.5. The average Bonchev–Trinajstić information content (AvgIpc) is 3.09. The highest BCUT2D eigenvalue weighted by molar-refractivity contribution is 5.90. The summed E-state index contributed by atoms with van der Waals surface area (Å²) in [7, 11) is 3.12. The van der Waals surface area contributed by atoms with Crippen molar-refractivity contribution < 1.29 is 18.7 Å². The third kappa shape index (κ3) is 4.36. The Kier molecular flexibility index (Phi) is 6.36. The minimum absolute atomic E-state index is 0.00489. The normalized spacial score (nSPS) is 17.5. The SMILES string of the molecule is CN=C(NCc1cc(C(=O)OC)c(C)o1)N1CCOC(c2ccccc2C)C1. The Labute approximate surface area is 165 Å². The van der Waals surface area contributed by atoms with E-state index in [4.69, 9.17) is 13.9 Å². The molecule has 0 spiro atoms. The van der Waals surface area contributed by atoms with Crippen LogP contribution in [0, 0.1) is 13.8 Å². The van der Waals surface area contributed by atoms with E-state index in [0.717, 1.165) is 19.0 Å². The number of guanidine groups is 1. The van der Waals surface area contributed by atoms with Gasteiger partial charge in [-0.15, -0.1) is 0 Å². The van der Waals surface area contributed by atoms with Crippen LogP contribution in [0.25, 0.3) is 0 Å². The van der Waals surface area contributed by atoms with Gasteiger partial charge in [0.25, 0.3) is 0 Å². The predicted molar refractivity (Wildman–Crippen MR) is 106 cm³/mol. The van der Waals surface area contributed by atoms with Crippen molar-refractivity contribution in [2.24, 2.45) is 4.99 Å². The number of hydrogen-bond acceptors (Lipinski definition) is 5. The van der Waals surface area contributed by atoms with Crippen LogP contribution in [0.1, 0.15) is 39.1 Å². The minimum Gasteiger partial charge on any atom is -0.465 e. The highest BCUT2D eigenvalue weighted by atomic mass is 16.5. The summed E-state index contributed by atoms with van der Waals surface area (Å²) in [6.45, 7) is 6.38. The zero-order valence-electron chi connectivity index (χ0n) is 16.8. The largest absolute Gasteiger partial charge is 0.465 e. The maximum Gasteiger partial charge on any atom is 0.341 e. The van der Waals surface area contributed by atoms with Crippen LogP contribution in [-0.2, 0) is 16.0 Å². The van der Waals surface area contributed by atoms with Gasteiger partial charge in [0, 0.05) is 13.6 Å². The van der Waals surface area contributed by atoms with Crippen molar-refractivity contribution in [2.45, 2.75) is 26.5 Å². The van der Waals surface area contributed by atoms with Crippen LogP contribution in [-0.4, -0.2) is 50.7 Å². The Morgan fingerprint density at radius 3 is 2.86 bits per heavy atom. The lowest BCUT2D eigenvalue weighted by Gasteiger charge is -2.35. The fourth-order valence-corrected chi connectivity index (χ4v) is 3.42. The number of carbonyl (C=O) groups is 1. The number of methoxy groups -OCH3 is 1. The van der Waals surface area contributed by atoms with Crippen LogP contribution >= 0.6 is 0 Å². The van der Waals surface area contributed by atoms with E-state index < -0.39 is 5.97 Å². The number of benzene rings is 1. The van der Waals surface area contributed by atoms with Gasteiger partial charge in [-0.2, -0.15) is 0 Å². The maximum absolute atomic E-state index is 11.7. The fourth-order valence-electron chi connectivity index (χ4n) is 3.42. The Morgan fingerprint density at radius 1 is 1.36 bits per heavy atom. The molecule has 1 N–H and O–H groups in total. The molecule has 1 aromatic heterocycles. The molecule has 150 valence electrons.